The molecule has 2 aliphatic heterocycles. The number of nitrogens with zero attached hydrogens (tertiary/aromatic N) is 5. The van der Waals surface area contributed by atoms with Gasteiger partial charge in [0.2, 0.25) is 0 Å². The molecule has 2 aliphatic rings. The van der Waals surface area contributed by atoms with E-state index in [-0.39, 0.29) is 5.91 Å². The number of aryl methyl sites for hydroxylation is 1. The van der Waals surface area contributed by atoms with E-state index in [9.17, 15) is 4.79 Å². The van der Waals surface area contributed by atoms with Crippen molar-refractivity contribution in [3.8, 4) is 0 Å². The van der Waals surface area contributed by atoms with E-state index < -0.39 is 0 Å². The van der Waals surface area contributed by atoms with E-state index in [0.717, 1.165) is 85.9 Å². The summed E-state index contributed by atoms with van der Waals surface area (Å²) in [6, 6.07) is 10.7. The van der Waals surface area contributed by atoms with Crippen LogP contribution in [0.5, 0.6) is 0 Å². The average Bonchev–Trinajstić information content (AvgIpc) is 3.64. The molecule has 38 heavy (non-hydrogen) atoms. The molecule has 200 valence electrons. The van der Waals surface area contributed by atoms with Crippen molar-refractivity contribution in [1.29, 1.82) is 0 Å². The predicted octanol–water partition coefficient (Wildman–Crippen LogP) is 4.23. The second-order valence-electron chi connectivity index (χ2n) is 11.0. The number of H-pyrrole nitrogens is 1. The Morgan fingerprint density at radius 1 is 1.16 bits per heavy atom. The molecule has 1 amide bonds. The van der Waals surface area contributed by atoms with Crippen LogP contribution in [0.3, 0.4) is 0 Å². The first-order chi connectivity index (χ1) is 18.5. The van der Waals surface area contributed by atoms with Gasteiger partial charge in [0, 0.05) is 53.4 Å². The molecule has 2 saturated heterocycles. The third kappa shape index (κ3) is 4.81. The molecule has 0 aliphatic carbocycles. The molecule has 6 rings (SSSR count). The van der Waals surface area contributed by atoms with Crippen LogP contribution in [-0.4, -0.2) is 75.2 Å². The van der Waals surface area contributed by atoms with Gasteiger partial charge in [-0.05, 0) is 83.9 Å². The molecule has 4 N–H and O–H groups in total. The minimum atomic E-state index is -0.164. The molecule has 1 atom stereocenters. The van der Waals surface area contributed by atoms with Gasteiger partial charge < -0.3 is 20.9 Å². The molecule has 5 heterocycles. The van der Waals surface area contributed by atoms with Gasteiger partial charge in [-0.25, -0.2) is 4.98 Å². The number of nitrogens with two attached hydrogens (primary N) is 1. The second kappa shape index (κ2) is 10.5. The fourth-order valence-corrected chi connectivity index (χ4v) is 6.21. The third-order valence-electron chi connectivity index (χ3n) is 8.38. The Morgan fingerprint density at radius 2 is 2.00 bits per heavy atom. The van der Waals surface area contributed by atoms with Crippen LogP contribution in [0.4, 0.5) is 5.82 Å². The number of nitrogens with one attached hydrogen (secondary N) is 2. The monoisotopic (exact) mass is 514 g/mol. The van der Waals surface area contributed by atoms with Crippen LogP contribution in [0.15, 0.2) is 36.5 Å². The third-order valence-corrected chi connectivity index (χ3v) is 8.38. The topological polar surface area (TPSA) is 108 Å². The number of hydrogen-bond donors (Lipinski definition) is 3. The van der Waals surface area contributed by atoms with Crippen molar-refractivity contribution in [2.75, 3.05) is 45.1 Å². The highest BCUT2D eigenvalue weighted by molar-refractivity contribution is 6.06. The van der Waals surface area contributed by atoms with Crippen molar-refractivity contribution in [3.63, 3.8) is 0 Å². The van der Waals surface area contributed by atoms with Crippen LogP contribution < -0.4 is 11.1 Å². The molecule has 1 aromatic carbocycles. The van der Waals surface area contributed by atoms with E-state index in [1.807, 2.05) is 37.4 Å². The number of fused-ring (bicyclic) bond motifs is 2. The standard InChI is InChI=1S/C29H38N8O/c1-19-23-7-6-20(16-27(23)37(34-19)22-8-13-36(14-9-22)12-4-10-30)29(38)33-28-17-24-21(18-31-28)15-25(32-24)26-5-3-11-35(26)2/h6-7,15-18,22,26,32H,3-5,8-14,30H2,1-2H3,(H,31,33,38). The zero-order valence-electron chi connectivity index (χ0n) is 22.4. The summed E-state index contributed by atoms with van der Waals surface area (Å²) in [5.41, 5.74) is 10.5. The molecular weight excluding hydrogens is 476 g/mol. The summed E-state index contributed by atoms with van der Waals surface area (Å²) >= 11 is 0. The molecule has 0 spiro atoms. The van der Waals surface area contributed by atoms with Gasteiger partial charge in [-0.2, -0.15) is 5.10 Å². The largest absolute Gasteiger partial charge is 0.357 e. The summed E-state index contributed by atoms with van der Waals surface area (Å²) < 4.78 is 2.15. The smallest absolute Gasteiger partial charge is 0.256 e. The maximum Gasteiger partial charge on any atom is 0.256 e. The number of piperidine rings is 1. The fraction of sp³-hybridized carbons (Fsp3) is 0.483. The van der Waals surface area contributed by atoms with Crippen molar-refractivity contribution in [1.82, 2.24) is 29.5 Å². The first-order valence-corrected chi connectivity index (χ1v) is 13.9. The van der Waals surface area contributed by atoms with E-state index in [2.05, 4.69) is 42.9 Å². The Kier molecular flexibility index (Phi) is 6.90. The number of benzene rings is 1. The number of aromatic nitrogens is 4. The van der Waals surface area contributed by atoms with Crippen molar-refractivity contribution in [2.45, 2.75) is 51.1 Å². The molecule has 9 nitrogen and oxygen atoms in total. The van der Waals surface area contributed by atoms with E-state index in [4.69, 9.17) is 10.8 Å². The Bertz CT molecular complexity index is 1450. The zero-order chi connectivity index (χ0) is 26.2. The van der Waals surface area contributed by atoms with Gasteiger partial charge in [-0.3, -0.25) is 14.4 Å². The van der Waals surface area contributed by atoms with E-state index in [1.54, 1.807) is 0 Å². The normalized spacial score (nSPS) is 19.6. The molecular formula is C29H38N8O. The first kappa shape index (κ1) is 25.0. The second-order valence-corrected chi connectivity index (χ2v) is 11.0. The lowest BCUT2D eigenvalue weighted by molar-refractivity contribution is 0.102. The van der Waals surface area contributed by atoms with Gasteiger partial charge in [-0.15, -0.1) is 0 Å². The number of pyridine rings is 1. The number of carbonyl (C=O) groups is 1. The van der Waals surface area contributed by atoms with Crippen LogP contribution in [0.25, 0.3) is 21.8 Å². The summed E-state index contributed by atoms with van der Waals surface area (Å²) in [4.78, 5) is 26.2. The molecule has 0 saturated carbocycles. The van der Waals surface area contributed by atoms with E-state index in [1.165, 1.54) is 12.1 Å². The highest BCUT2D eigenvalue weighted by Gasteiger charge is 2.25. The van der Waals surface area contributed by atoms with Crippen LogP contribution >= 0.6 is 0 Å². The van der Waals surface area contributed by atoms with Crippen molar-refractivity contribution >= 4 is 33.5 Å². The van der Waals surface area contributed by atoms with Gasteiger partial charge in [0.1, 0.15) is 5.82 Å². The van der Waals surface area contributed by atoms with Crippen LogP contribution in [0, 0.1) is 6.92 Å². The number of amides is 1. The zero-order valence-corrected chi connectivity index (χ0v) is 22.4. The number of carbonyl (C=O) groups excluding carboxylic acids is 1. The predicted molar refractivity (Wildman–Crippen MR) is 152 cm³/mol. The molecule has 1 unspecified atom stereocenters. The summed E-state index contributed by atoms with van der Waals surface area (Å²) in [6.45, 7) is 7.07. The fourth-order valence-electron chi connectivity index (χ4n) is 6.21. The van der Waals surface area contributed by atoms with Gasteiger partial charge in [-0.1, -0.05) is 6.07 Å². The van der Waals surface area contributed by atoms with E-state index in [0.29, 0.717) is 23.5 Å². The maximum absolute atomic E-state index is 13.3. The number of likely N-dealkylation sites (tertiary alicyclic amines) is 2. The van der Waals surface area contributed by atoms with Gasteiger partial charge in [0.15, 0.2) is 0 Å². The average molecular weight is 515 g/mol. The minimum Gasteiger partial charge on any atom is -0.357 e. The number of anilines is 1. The SMILES string of the molecule is Cc1nn(C2CCN(CCCN)CC2)c2cc(C(=O)Nc3cc4[nH]c(C5CCCN5C)cc4cn3)ccc12. The number of rotatable bonds is 7. The highest BCUT2D eigenvalue weighted by Crippen LogP contribution is 2.32. The molecule has 3 aromatic heterocycles. The van der Waals surface area contributed by atoms with Crippen molar-refractivity contribution in [3.05, 3.63) is 53.5 Å². The molecule has 0 bridgehead atoms. The van der Waals surface area contributed by atoms with Gasteiger partial charge in [0.05, 0.1) is 22.8 Å². The number of hydrogen-bond acceptors (Lipinski definition) is 6. The Hall–Kier alpha value is -3.27. The lowest BCUT2D eigenvalue weighted by atomic mass is 10.0. The van der Waals surface area contributed by atoms with Crippen molar-refractivity contribution in [2.24, 2.45) is 5.73 Å². The number of aromatic amines is 1. The highest BCUT2D eigenvalue weighted by atomic mass is 16.1. The summed E-state index contributed by atoms with van der Waals surface area (Å²) in [5, 5.41) is 10.1. The maximum atomic E-state index is 13.3. The van der Waals surface area contributed by atoms with Gasteiger partial charge >= 0.3 is 0 Å². The summed E-state index contributed by atoms with van der Waals surface area (Å²) in [7, 11) is 2.17. The Labute approximate surface area is 223 Å². The Morgan fingerprint density at radius 3 is 2.76 bits per heavy atom. The lowest BCUT2D eigenvalue weighted by Crippen LogP contribution is -2.36. The van der Waals surface area contributed by atoms with Crippen molar-refractivity contribution < 1.29 is 4.79 Å². The molecule has 2 fully saturated rings. The molecule has 4 aromatic rings. The lowest BCUT2D eigenvalue weighted by Gasteiger charge is -2.32. The van der Waals surface area contributed by atoms with Crippen LogP contribution in [0.1, 0.15) is 65.9 Å². The minimum absolute atomic E-state index is 0.164. The van der Waals surface area contributed by atoms with Crippen LogP contribution in [-0.2, 0) is 0 Å². The summed E-state index contributed by atoms with van der Waals surface area (Å²) in [6.07, 6.45) is 7.35. The van der Waals surface area contributed by atoms with Crippen LogP contribution in [0.2, 0.25) is 0 Å². The molecule has 0 radical (unpaired) electrons. The van der Waals surface area contributed by atoms with Gasteiger partial charge in [0.25, 0.3) is 5.91 Å². The first-order valence-electron chi connectivity index (χ1n) is 13.9. The quantitative estimate of drug-likeness (QED) is 0.341. The molecule has 9 heteroatoms. The van der Waals surface area contributed by atoms with E-state index >= 15 is 0 Å². The Balaban J connectivity index is 1.20. The summed E-state index contributed by atoms with van der Waals surface area (Å²) in [5.74, 6) is 0.383.